The number of halogens is 2. The Morgan fingerprint density at radius 2 is 1.87 bits per heavy atom. The van der Waals surface area contributed by atoms with Gasteiger partial charge in [0.2, 0.25) is 5.78 Å². The van der Waals surface area contributed by atoms with Gasteiger partial charge in [0.05, 0.1) is 8.96 Å². The first-order valence-corrected chi connectivity index (χ1v) is 6.00. The third-order valence-electron chi connectivity index (χ3n) is 1.88. The molecule has 0 aromatic heterocycles. The number of carbonyl (C=O) groups is 2. The van der Waals surface area contributed by atoms with Gasteiger partial charge in [-0.05, 0) is 50.9 Å². The van der Waals surface area contributed by atoms with E-state index in [0.717, 1.165) is 0 Å². The number of esters is 1. The van der Waals surface area contributed by atoms with Crippen molar-refractivity contribution in [2.75, 3.05) is 0 Å². The zero-order valence-electron chi connectivity index (χ0n) is 8.34. The molecule has 0 unspecified atom stereocenters. The van der Waals surface area contributed by atoms with Crippen LogP contribution in [0, 0.1) is 0 Å². The fraction of sp³-hybridized carbons (Fsp3) is 0.400. The predicted octanol–water partition coefficient (Wildman–Crippen LogP) is 2.84. The standard InChI is InChI=1S/C10H10Br2O3/c1-3-8(13)15-10(2)4-6(11)9(14)7(12)5-10/h4-5H,3H2,1-2H3. The lowest BCUT2D eigenvalue weighted by molar-refractivity contribution is -0.150. The first kappa shape index (κ1) is 12.6. The van der Waals surface area contributed by atoms with Crippen LogP contribution < -0.4 is 0 Å². The molecule has 0 radical (unpaired) electrons. The smallest absolute Gasteiger partial charge is 0.306 e. The molecule has 0 aromatic carbocycles. The summed E-state index contributed by atoms with van der Waals surface area (Å²) < 4.78 is 6.00. The molecule has 0 amide bonds. The third kappa shape index (κ3) is 3.01. The molecule has 3 nitrogen and oxygen atoms in total. The highest BCUT2D eigenvalue weighted by atomic mass is 79.9. The Labute approximate surface area is 105 Å². The van der Waals surface area contributed by atoms with Crippen molar-refractivity contribution in [3.05, 3.63) is 21.1 Å². The summed E-state index contributed by atoms with van der Waals surface area (Å²) in [5, 5.41) is 0. The van der Waals surface area contributed by atoms with Crippen LogP contribution in [0.25, 0.3) is 0 Å². The van der Waals surface area contributed by atoms with Gasteiger partial charge in [-0.3, -0.25) is 9.59 Å². The van der Waals surface area contributed by atoms with Crippen LogP contribution in [-0.4, -0.2) is 17.4 Å². The molecule has 0 bridgehead atoms. The average Bonchev–Trinajstić information content (AvgIpc) is 2.13. The Kier molecular flexibility index (Phi) is 3.89. The summed E-state index contributed by atoms with van der Waals surface area (Å²) in [5.41, 5.74) is -0.862. The van der Waals surface area contributed by atoms with E-state index in [4.69, 9.17) is 4.74 Å². The molecule has 0 saturated heterocycles. The van der Waals surface area contributed by atoms with E-state index in [9.17, 15) is 9.59 Å². The van der Waals surface area contributed by atoms with E-state index in [-0.39, 0.29) is 11.8 Å². The topological polar surface area (TPSA) is 43.4 Å². The van der Waals surface area contributed by atoms with Gasteiger partial charge >= 0.3 is 5.97 Å². The van der Waals surface area contributed by atoms with Crippen LogP contribution >= 0.6 is 31.9 Å². The third-order valence-corrected chi connectivity index (χ3v) is 3.06. The molecule has 15 heavy (non-hydrogen) atoms. The first-order valence-electron chi connectivity index (χ1n) is 4.41. The SMILES string of the molecule is CCC(=O)OC1(C)C=C(Br)C(=O)C(Br)=C1. The highest BCUT2D eigenvalue weighted by molar-refractivity contribution is 9.13. The minimum atomic E-state index is -0.862. The molecule has 0 atom stereocenters. The number of hydrogen-bond donors (Lipinski definition) is 0. The zero-order chi connectivity index (χ0) is 11.6. The zero-order valence-corrected chi connectivity index (χ0v) is 11.5. The maximum Gasteiger partial charge on any atom is 0.306 e. The van der Waals surface area contributed by atoms with Crippen molar-refractivity contribution in [1.82, 2.24) is 0 Å². The number of hydrogen-bond acceptors (Lipinski definition) is 3. The van der Waals surface area contributed by atoms with Crippen molar-refractivity contribution >= 4 is 43.6 Å². The maximum atomic E-state index is 11.4. The molecule has 1 aliphatic carbocycles. The summed E-state index contributed by atoms with van der Waals surface area (Å²) in [6.45, 7) is 3.44. The van der Waals surface area contributed by atoms with Crippen LogP contribution in [-0.2, 0) is 14.3 Å². The fourth-order valence-corrected chi connectivity index (χ4v) is 2.77. The van der Waals surface area contributed by atoms with Gasteiger partial charge in [0.15, 0.2) is 0 Å². The van der Waals surface area contributed by atoms with Crippen molar-refractivity contribution in [2.24, 2.45) is 0 Å². The van der Waals surface area contributed by atoms with E-state index in [1.54, 1.807) is 26.0 Å². The quantitative estimate of drug-likeness (QED) is 0.728. The molecular formula is C10H10Br2O3. The van der Waals surface area contributed by atoms with Gasteiger partial charge in [0.25, 0.3) is 0 Å². The van der Waals surface area contributed by atoms with Gasteiger partial charge in [-0.2, -0.15) is 0 Å². The van der Waals surface area contributed by atoms with Gasteiger partial charge in [0, 0.05) is 6.42 Å². The summed E-state index contributed by atoms with van der Waals surface area (Å²) in [6.07, 6.45) is 3.46. The second-order valence-corrected chi connectivity index (χ2v) is 5.03. The van der Waals surface area contributed by atoms with Crippen LogP contribution in [0.2, 0.25) is 0 Å². The van der Waals surface area contributed by atoms with Gasteiger partial charge in [0.1, 0.15) is 5.60 Å². The molecule has 1 aliphatic rings. The molecule has 0 heterocycles. The van der Waals surface area contributed by atoms with Crippen molar-refractivity contribution in [3.8, 4) is 0 Å². The lowest BCUT2D eigenvalue weighted by Gasteiger charge is -2.26. The molecule has 0 N–H and O–H groups in total. The highest BCUT2D eigenvalue weighted by Gasteiger charge is 2.31. The Morgan fingerprint density at radius 3 is 2.27 bits per heavy atom. The second-order valence-electron chi connectivity index (χ2n) is 3.33. The van der Waals surface area contributed by atoms with E-state index in [1.807, 2.05) is 0 Å². The summed E-state index contributed by atoms with van der Waals surface area (Å²) in [4.78, 5) is 22.6. The van der Waals surface area contributed by atoms with Gasteiger partial charge in [-0.1, -0.05) is 6.92 Å². The number of ether oxygens (including phenoxy) is 1. The van der Waals surface area contributed by atoms with Crippen LogP contribution in [0.15, 0.2) is 21.1 Å². The van der Waals surface area contributed by atoms with Crippen LogP contribution in [0.5, 0.6) is 0 Å². The Balaban J connectivity index is 2.95. The van der Waals surface area contributed by atoms with Gasteiger partial charge in [-0.15, -0.1) is 0 Å². The molecule has 0 aromatic rings. The predicted molar refractivity (Wildman–Crippen MR) is 63.8 cm³/mol. The lowest BCUT2D eigenvalue weighted by Crippen LogP contribution is -2.30. The Hall–Kier alpha value is -0.420. The molecular weight excluding hydrogens is 328 g/mol. The molecule has 0 spiro atoms. The van der Waals surface area contributed by atoms with Crippen molar-refractivity contribution in [3.63, 3.8) is 0 Å². The fourth-order valence-electron chi connectivity index (χ4n) is 1.17. The van der Waals surface area contributed by atoms with Crippen LogP contribution in [0.4, 0.5) is 0 Å². The van der Waals surface area contributed by atoms with E-state index < -0.39 is 5.60 Å². The number of carbonyl (C=O) groups excluding carboxylic acids is 2. The number of allylic oxidation sites excluding steroid dienone is 2. The monoisotopic (exact) mass is 336 g/mol. The molecule has 0 aliphatic heterocycles. The van der Waals surface area contributed by atoms with E-state index in [2.05, 4.69) is 31.9 Å². The van der Waals surface area contributed by atoms with Crippen molar-refractivity contribution in [2.45, 2.75) is 25.9 Å². The number of ketones is 1. The van der Waals surface area contributed by atoms with E-state index >= 15 is 0 Å². The van der Waals surface area contributed by atoms with Gasteiger partial charge in [-0.25, -0.2) is 0 Å². The molecule has 0 saturated carbocycles. The summed E-state index contributed by atoms with van der Waals surface area (Å²) in [5.74, 6) is -0.458. The Bertz CT molecular complexity index is 347. The van der Waals surface area contributed by atoms with Crippen LogP contribution in [0.3, 0.4) is 0 Å². The van der Waals surface area contributed by atoms with Crippen LogP contribution in [0.1, 0.15) is 20.3 Å². The summed E-state index contributed by atoms with van der Waals surface area (Å²) in [6, 6.07) is 0. The largest absolute Gasteiger partial charge is 0.451 e. The van der Waals surface area contributed by atoms with Gasteiger partial charge < -0.3 is 4.74 Å². The Morgan fingerprint density at radius 1 is 1.40 bits per heavy atom. The van der Waals surface area contributed by atoms with Crippen molar-refractivity contribution in [1.29, 1.82) is 0 Å². The molecule has 0 fully saturated rings. The van der Waals surface area contributed by atoms with Crippen molar-refractivity contribution < 1.29 is 14.3 Å². The molecule has 5 heteroatoms. The number of rotatable bonds is 2. The second kappa shape index (κ2) is 4.61. The normalized spacial score (nSPS) is 19.3. The highest BCUT2D eigenvalue weighted by Crippen LogP contribution is 2.31. The molecule has 82 valence electrons. The number of Topliss-reactive ketones (excluding diaryl/α,β-unsaturated/α-hetero) is 1. The minimum Gasteiger partial charge on any atom is -0.451 e. The summed E-state index contributed by atoms with van der Waals surface area (Å²) >= 11 is 6.26. The molecule has 1 rings (SSSR count). The minimum absolute atomic E-state index is 0.153. The first-order chi connectivity index (χ1) is 6.88. The maximum absolute atomic E-state index is 11.4. The van der Waals surface area contributed by atoms with E-state index in [0.29, 0.717) is 15.4 Å². The average molecular weight is 338 g/mol. The lowest BCUT2D eigenvalue weighted by atomic mass is 9.99. The van der Waals surface area contributed by atoms with E-state index in [1.165, 1.54) is 0 Å². The summed E-state index contributed by atoms with van der Waals surface area (Å²) in [7, 11) is 0.